The minimum atomic E-state index is -0.514. The Morgan fingerprint density at radius 1 is 1.21 bits per heavy atom. The number of anilines is 1. The summed E-state index contributed by atoms with van der Waals surface area (Å²) in [6.07, 6.45) is 0.435. The maximum atomic E-state index is 12.3. The lowest BCUT2D eigenvalue weighted by Gasteiger charge is -2.24. The fourth-order valence-corrected chi connectivity index (χ4v) is 3.04. The number of nitrogens with one attached hydrogen (secondary N) is 2. The van der Waals surface area contributed by atoms with Crippen LogP contribution in [0.4, 0.5) is 5.69 Å². The Labute approximate surface area is 167 Å². The van der Waals surface area contributed by atoms with Gasteiger partial charge in [0.1, 0.15) is 12.4 Å². The van der Waals surface area contributed by atoms with Crippen LogP contribution >= 0.6 is 11.6 Å². The van der Waals surface area contributed by atoms with Crippen LogP contribution in [0.1, 0.15) is 15.9 Å². The molecule has 28 heavy (non-hydrogen) atoms. The van der Waals surface area contributed by atoms with Crippen LogP contribution in [0, 0.1) is 5.92 Å². The first-order chi connectivity index (χ1) is 13.5. The molecule has 2 aromatic rings. The van der Waals surface area contributed by atoms with Gasteiger partial charge in [-0.25, -0.2) is 0 Å². The SMILES string of the molecule is CNC(=O)c1cccc(NC(=O)COC(=O)[C@@H]2COc3ccc(Cl)cc3C2)c1. The lowest BCUT2D eigenvalue weighted by atomic mass is 9.97. The molecular formula is C20H19ClN2O5. The van der Waals surface area contributed by atoms with Crippen LogP contribution in [0.5, 0.6) is 5.75 Å². The minimum absolute atomic E-state index is 0.184. The van der Waals surface area contributed by atoms with E-state index in [1.807, 2.05) is 0 Å². The molecule has 1 heterocycles. The Balaban J connectivity index is 1.52. The predicted octanol–water partition coefficient (Wildman–Crippen LogP) is 2.43. The van der Waals surface area contributed by atoms with E-state index in [9.17, 15) is 14.4 Å². The molecule has 1 aliphatic heterocycles. The van der Waals surface area contributed by atoms with Crippen molar-refractivity contribution >= 4 is 35.1 Å². The first-order valence-electron chi connectivity index (χ1n) is 8.66. The smallest absolute Gasteiger partial charge is 0.313 e. The Hall–Kier alpha value is -3.06. The number of hydrogen-bond acceptors (Lipinski definition) is 5. The molecular weight excluding hydrogens is 384 g/mol. The van der Waals surface area contributed by atoms with Crippen molar-refractivity contribution in [2.45, 2.75) is 6.42 Å². The van der Waals surface area contributed by atoms with Crippen LogP contribution in [0.2, 0.25) is 5.02 Å². The van der Waals surface area contributed by atoms with E-state index in [0.29, 0.717) is 28.4 Å². The number of rotatable bonds is 5. The van der Waals surface area contributed by atoms with Crippen molar-refractivity contribution in [2.75, 3.05) is 25.6 Å². The van der Waals surface area contributed by atoms with Gasteiger partial charge in [0.05, 0.1) is 5.92 Å². The number of carbonyl (C=O) groups is 3. The standard InChI is InChI=1S/C20H19ClN2O5/c1-22-19(25)12-3-2-4-16(9-12)23-18(24)11-28-20(26)14-7-13-8-15(21)5-6-17(13)27-10-14/h2-6,8-9,14H,7,10-11H2,1H3,(H,22,25)(H,23,24)/t14-/m0/s1. The number of halogens is 1. The van der Waals surface area contributed by atoms with Gasteiger partial charge in [-0.3, -0.25) is 14.4 Å². The predicted molar refractivity (Wildman–Crippen MR) is 104 cm³/mol. The van der Waals surface area contributed by atoms with E-state index in [2.05, 4.69) is 10.6 Å². The second kappa shape index (κ2) is 8.75. The van der Waals surface area contributed by atoms with Crippen molar-refractivity contribution in [3.63, 3.8) is 0 Å². The summed E-state index contributed by atoms with van der Waals surface area (Å²) in [6, 6.07) is 11.7. The van der Waals surface area contributed by atoms with Gasteiger partial charge in [0.15, 0.2) is 6.61 Å². The molecule has 0 saturated heterocycles. The minimum Gasteiger partial charge on any atom is -0.492 e. The number of amides is 2. The number of fused-ring (bicyclic) bond motifs is 1. The van der Waals surface area contributed by atoms with E-state index in [1.54, 1.807) is 36.4 Å². The van der Waals surface area contributed by atoms with Crippen molar-refractivity contribution in [2.24, 2.45) is 5.92 Å². The quantitative estimate of drug-likeness (QED) is 0.749. The Morgan fingerprint density at radius 2 is 2.04 bits per heavy atom. The number of carbonyl (C=O) groups excluding carboxylic acids is 3. The van der Waals surface area contributed by atoms with Crippen molar-refractivity contribution in [3.05, 3.63) is 58.6 Å². The van der Waals surface area contributed by atoms with Crippen molar-refractivity contribution in [1.29, 1.82) is 0 Å². The van der Waals surface area contributed by atoms with Crippen LogP contribution in [0.25, 0.3) is 0 Å². The fraction of sp³-hybridized carbons (Fsp3) is 0.250. The first kappa shape index (κ1) is 19.7. The summed E-state index contributed by atoms with van der Waals surface area (Å²) in [6.45, 7) is -0.245. The largest absolute Gasteiger partial charge is 0.492 e. The topological polar surface area (TPSA) is 93.7 Å². The number of benzene rings is 2. The molecule has 1 atom stereocenters. The van der Waals surface area contributed by atoms with Crippen molar-refractivity contribution < 1.29 is 23.9 Å². The molecule has 0 spiro atoms. The molecule has 0 aliphatic carbocycles. The maximum absolute atomic E-state index is 12.3. The summed E-state index contributed by atoms with van der Waals surface area (Å²) < 4.78 is 10.7. The Morgan fingerprint density at radius 3 is 2.82 bits per heavy atom. The third-order valence-corrected chi connectivity index (χ3v) is 4.48. The molecule has 146 valence electrons. The molecule has 0 fully saturated rings. The monoisotopic (exact) mass is 402 g/mol. The molecule has 0 radical (unpaired) electrons. The van der Waals surface area contributed by atoms with E-state index < -0.39 is 24.4 Å². The van der Waals surface area contributed by atoms with Gasteiger partial charge in [0.25, 0.3) is 11.8 Å². The second-order valence-electron chi connectivity index (χ2n) is 6.28. The summed E-state index contributed by atoms with van der Waals surface area (Å²) in [5.41, 5.74) is 1.68. The summed E-state index contributed by atoms with van der Waals surface area (Å²) in [7, 11) is 1.52. The van der Waals surface area contributed by atoms with E-state index in [1.165, 1.54) is 13.1 Å². The first-order valence-corrected chi connectivity index (χ1v) is 9.04. The van der Waals surface area contributed by atoms with Crippen molar-refractivity contribution in [3.8, 4) is 5.75 Å². The Kier molecular flexibility index (Phi) is 6.16. The van der Waals surface area contributed by atoms with E-state index in [-0.39, 0.29) is 12.5 Å². The zero-order valence-corrected chi connectivity index (χ0v) is 15.9. The molecule has 0 aromatic heterocycles. The molecule has 2 N–H and O–H groups in total. The molecule has 2 amide bonds. The van der Waals surface area contributed by atoms with Crippen molar-refractivity contribution in [1.82, 2.24) is 5.32 Å². The molecule has 3 rings (SSSR count). The third-order valence-electron chi connectivity index (χ3n) is 4.24. The van der Waals surface area contributed by atoms with Crippen LogP contribution in [-0.4, -0.2) is 38.0 Å². The highest BCUT2D eigenvalue weighted by Gasteiger charge is 2.28. The lowest BCUT2D eigenvalue weighted by Crippen LogP contribution is -2.32. The molecule has 1 aliphatic rings. The molecule has 0 unspecified atom stereocenters. The van der Waals surface area contributed by atoms with Gasteiger partial charge in [0, 0.05) is 23.3 Å². The summed E-state index contributed by atoms with van der Waals surface area (Å²) in [5.74, 6) is -1.08. The van der Waals surface area contributed by atoms with Gasteiger partial charge in [-0.2, -0.15) is 0 Å². The van der Waals surface area contributed by atoms with E-state index >= 15 is 0 Å². The summed E-state index contributed by atoms with van der Waals surface area (Å²) in [5, 5.41) is 5.67. The van der Waals surface area contributed by atoms with Gasteiger partial charge in [-0.05, 0) is 48.4 Å². The molecule has 0 saturated carbocycles. The Bertz CT molecular complexity index is 915. The molecule has 2 aromatic carbocycles. The highest BCUT2D eigenvalue weighted by atomic mass is 35.5. The van der Waals surface area contributed by atoms with Gasteiger partial charge < -0.3 is 20.1 Å². The van der Waals surface area contributed by atoms with Gasteiger partial charge in [0.2, 0.25) is 0 Å². The average Bonchev–Trinajstić information content (AvgIpc) is 2.71. The van der Waals surface area contributed by atoms with Crippen LogP contribution in [0.15, 0.2) is 42.5 Å². The van der Waals surface area contributed by atoms with Gasteiger partial charge >= 0.3 is 5.97 Å². The third kappa shape index (κ3) is 4.80. The number of hydrogen-bond donors (Lipinski definition) is 2. The van der Waals surface area contributed by atoms with Crippen LogP contribution < -0.4 is 15.4 Å². The second-order valence-corrected chi connectivity index (χ2v) is 6.72. The zero-order chi connectivity index (χ0) is 20.1. The average molecular weight is 403 g/mol. The van der Waals surface area contributed by atoms with Gasteiger partial charge in [-0.15, -0.1) is 0 Å². The molecule has 8 heteroatoms. The summed E-state index contributed by atoms with van der Waals surface area (Å²) in [4.78, 5) is 36.0. The van der Waals surface area contributed by atoms with Crippen LogP contribution in [0.3, 0.4) is 0 Å². The normalized spacial score (nSPS) is 15.0. The molecule has 0 bridgehead atoms. The lowest BCUT2D eigenvalue weighted by molar-refractivity contribution is -0.152. The number of esters is 1. The zero-order valence-electron chi connectivity index (χ0n) is 15.2. The maximum Gasteiger partial charge on any atom is 0.313 e. The number of ether oxygens (including phenoxy) is 2. The summed E-state index contributed by atoms with van der Waals surface area (Å²) >= 11 is 5.97. The van der Waals surface area contributed by atoms with Crippen LogP contribution in [-0.2, 0) is 20.7 Å². The highest BCUT2D eigenvalue weighted by Crippen LogP contribution is 2.30. The van der Waals surface area contributed by atoms with E-state index in [0.717, 1.165) is 5.56 Å². The highest BCUT2D eigenvalue weighted by molar-refractivity contribution is 6.30. The fourth-order valence-electron chi connectivity index (χ4n) is 2.85. The molecule has 7 nitrogen and oxygen atoms in total. The van der Waals surface area contributed by atoms with Gasteiger partial charge in [-0.1, -0.05) is 17.7 Å². The van der Waals surface area contributed by atoms with E-state index in [4.69, 9.17) is 21.1 Å².